The molecular weight excluding hydrogens is 296 g/mol. The SMILES string of the molecule is CC(CNC(=O)C(C(C)C)N1CCCS1(=O)=O)CC(=O)O. The fourth-order valence-electron chi connectivity index (χ4n) is 2.49. The molecule has 2 unspecified atom stereocenters. The van der Waals surface area contributed by atoms with Crippen molar-refractivity contribution in [1.82, 2.24) is 9.62 Å². The third-order valence-corrected chi connectivity index (χ3v) is 5.43. The van der Waals surface area contributed by atoms with Crippen LogP contribution in [-0.4, -0.2) is 54.6 Å². The van der Waals surface area contributed by atoms with Crippen LogP contribution in [-0.2, 0) is 19.6 Å². The Kier molecular flexibility index (Phi) is 6.15. The molecule has 7 nitrogen and oxygen atoms in total. The van der Waals surface area contributed by atoms with Gasteiger partial charge < -0.3 is 10.4 Å². The van der Waals surface area contributed by atoms with Gasteiger partial charge in [-0.05, 0) is 18.3 Å². The first kappa shape index (κ1) is 17.9. The van der Waals surface area contributed by atoms with Gasteiger partial charge >= 0.3 is 5.97 Å². The predicted molar refractivity (Wildman–Crippen MR) is 78.2 cm³/mol. The van der Waals surface area contributed by atoms with Crippen molar-refractivity contribution in [3.8, 4) is 0 Å². The molecule has 1 aliphatic heterocycles. The van der Waals surface area contributed by atoms with E-state index in [1.807, 2.05) is 0 Å². The second-order valence-corrected chi connectivity index (χ2v) is 7.96. The molecule has 0 aromatic carbocycles. The quantitative estimate of drug-likeness (QED) is 0.701. The van der Waals surface area contributed by atoms with Crippen LogP contribution < -0.4 is 5.32 Å². The molecule has 0 saturated carbocycles. The van der Waals surface area contributed by atoms with Crippen LogP contribution in [0, 0.1) is 11.8 Å². The number of sulfonamides is 1. The van der Waals surface area contributed by atoms with Crippen molar-refractivity contribution in [3.05, 3.63) is 0 Å². The lowest BCUT2D eigenvalue weighted by Crippen LogP contribution is -2.51. The molecule has 1 amide bonds. The molecule has 1 rings (SSSR count). The minimum absolute atomic E-state index is 0.0331. The van der Waals surface area contributed by atoms with E-state index in [2.05, 4.69) is 5.32 Å². The number of nitrogens with one attached hydrogen (secondary N) is 1. The van der Waals surface area contributed by atoms with Gasteiger partial charge in [0.1, 0.15) is 6.04 Å². The van der Waals surface area contributed by atoms with Crippen molar-refractivity contribution < 1.29 is 23.1 Å². The molecule has 0 aromatic heterocycles. The number of carbonyl (C=O) groups is 2. The van der Waals surface area contributed by atoms with Gasteiger partial charge in [-0.3, -0.25) is 9.59 Å². The molecule has 0 aliphatic carbocycles. The fourth-order valence-corrected chi connectivity index (χ4v) is 4.31. The van der Waals surface area contributed by atoms with Crippen molar-refractivity contribution in [2.75, 3.05) is 18.8 Å². The molecule has 1 aliphatic rings. The minimum atomic E-state index is -3.36. The number of nitrogens with zero attached hydrogens (tertiary/aromatic N) is 1. The van der Waals surface area contributed by atoms with Crippen LogP contribution >= 0.6 is 0 Å². The molecule has 2 atom stereocenters. The van der Waals surface area contributed by atoms with Crippen LogP contribution in [0.25, 0.3) is 0 Å². The highest BCUT2D eigenvalue weighted by atomic mass is 32.2. The molecule has 1 heterocycles. The van der Waals surface area contributed by atoms with Crippen molar-refractivity contribution in [1.29, 1.82) is 0 Å². The Balaban J connectivity index is 2.69. The number of hydrogen-bond donors (Lipinski definition) is 2. The monoisotopic (exact) mass is 320 g/mol. The Morgan fingerprint density at radius 2 is 1.90 bits per heavy atom. The van der Waals surface area contributed by atoms with Crippen molar-refractivity contribution in [2.24, 2.45) is 11.8 Å². The molecule has 0 aromatic rings. The first-order chi connectivity index (χ1) is 9.65. The van der Waals surface area contributed by atoms with E-state index in [9.17, 15) is 18.0 Å². The van der Waals surface area contributed by atoms with Gasteiger partial charge in [-0.2, -0.15) is 4.31 Å². The summed E-state index contributed by atoms with van der Waals surface area (Å²) >= 11 is 0. The molecule has 8 heteroatoms. The van der Waals surface area contributed by atoms with Gasteiger partial charge in [0.05, 0.1) is 5.75 Å². The molecule has 1 fully saturated rings. The summed E-state index contributed by atoms with van der Waals surface area (Å²) in [6.07, 6.45) is 0.503. The summed E-state index contributed by atoms with van der Waals surface area (Å²) in [5, 5.41) is 11.4. The van der Waals surface area contributed by atoms with E-state index in [1.54, 1.807) is 20.8 Å². The third-order valence-electron chi connectivity index (χ3n) is 3.50. The molecule has 2 N–H and O–H groups in total. The van der Waals surface area contributed by atoms with E-state index in [-0.39, 0.29) is 36.5 Å². The molecule has 1 saturated heterocycles. The van der Waals surface area contributed by atoms with Gasteiger partial charge in [0.15, 0.2) is 0 Å². The third kappa shape index (κ3) is 4.96. The van der Waals surface area contributed by atoms with Crippen molar-refractivity contribution in [3.63, 3.8) is 0 Å². The number of carboxylic acids is 1. The van der Waals surface area contributed by atoms with Gasteiger partial charge in [-0.1, -0.05) is 20.8 Å². The maximum atomic E-state index is 12.3. The zero-order chi connectivity index (χ0) is 16.2. The smallest absolute Gasteiger partial charge is 0.303 e. The van der Waals surface area contributed by atoms with E-state index in [4.69, 9.17) is 5.11 Å². The Bertz CT molecular complexity index is 489. The number of hydrogen-bond acceptors (Lipinski definition) is 4. The van der Waals surface area contributed by atoms with E-state index in [0.717, 1.165) is 0 Å². The zero-order valence-corrected chi connectivity index (χ0v) is 13.5. The number of amides is 1. The lowest BCUT2D eigenvalue weighted by Gasteiger charge is -2.28. The van der Waals surface area contributed by atoms with Crippen molar-refractivity contribution >= 4 is 21.9 Å². The standard InChI is InChI=1S/C13H24N2O5S/c1-9(2)12(15-5-4-6-21(15,19)20)13(18)14-8-10(3)7-11(16)17/h9-10,12H,4-8H2,1-3H3,(H,14,18)(H,16,17). The first-order valence-electron chi connectivity index (χ1n) is 7.14. The lowest BCUT2D eigenvalue weighted by atomic mass is 10.0. The summed E-state index contributed by atoms with van der Waals surface area (Å²) in [5.41, 5.74) is 0. The Morgan fingerprint density at radius 3 is 2.33 bits per heavy atom. The summed E-state index contributed by atoms with van der Waals surface area (Å²) in [4.78, 5) is 22.9. The van der Waals surface area contributed by atoms with Crippen LogP contribution in [0.5, 0.6) is 0 Å². The summed E-state index contributed by atoms with van der Waals surface area (Å²) in [5.74, 6) is -1.53. The topological polar surface area (TPSA) is 104 Å². The summed E-state index contributed by atoms with van der Waals surface area (Å²) in [6.45, 7) is 5.93. The van der Waals surface area contributed by atoms with Crippen LogP contribution in [0.15, 0.2) is 0 Å². The number of rotatable bonds is 7. The van der Waals surface area contributed by atoms with Crippen LogP contribution in [0.4, 0.5) is 0 Å². The minimum Gasteiger partial charge on any atom is -0.481 e. The lowest BCUT2D eigenvalue weighted by molar-refractivity contribution is -0.138. The van der Waals surface area contributed by atoms with Gasteiger partial charge in [-0.15, -0.1) is 0 Å². The van der Waals surface area contributed by atoms with Crippen molar-refractivity contribution in [2.45, 2.75) is 39.7 Å². The summed E-state index contributed by atoms with van der Waals surface area (Å²) in [6, 6.07) is -0.727. The molecule has 122 valence electrons. The molecule has 21 heavy (non-hydrogen) atoms. The maximum Gasteiger partial charge on any atom is 0.303 e. The average molecular weight is 320 g/mol. The highest BCUT2D eigenvalue weighted by Gasteiger charge is 2.39. The Labute approximate surface area is 125 Å². The van der Waals surface area contributed by atoms with E-state index in [0.29, 0.717) is 13.0 Å². The largest absolute Gasteiger partial charge is 0.481 e. The normalized spacial score (nSPS) is 21.1. The van der Waals surface area contributed by atoms with Crippen LogP contribution in [0.3, 0.4) is 0 Å². The second-order valence-electron chi connectivity index (χ2n) is 5.92. The average Bonchev–Trinajstić information content (AvgIpc) is 2.66. The van der Waals surface area contributed by atoms with E-state index >= 15 is 0 Å². The van der Waals surface area contributed by atoms with Gasteiger partial charge in [0.25, 0.3) is 0 Å². The highest BCUT2D eigenvalue weighted by Crippen LogP contribution is 2.22. The number of aliphatic carboxylic acids is 1. The second kappa shape index (κ2) is 7.22. The van der Waals surface area contributed by atoms with E-state index < -0.39 is 22.0 Å². The van der Waals surface area contributed by atoms with Crippen LogP contribution in [0.1, 0.15) is 33.6 Å². The summed E-state index contributed by atoms with van der Waals surface area (Å²) < 4.78 is 25.2. The molecule has 0 spiro atoms. The molecular formula is C13H24N2O5S. The van der Waals surface area contributed by atoms with Gasteiger partial charge in [0.2, 0.25) is 15.9 Å². The Hall–Kier alpha value is -1.15. The number of carbonyl (C=O) groups excluding carboxylic acids is 1. The summed E-state index contributed by atoms with van der Waals surface area (Å²) in [7, 11) is -3.36. The fraction of sp³-hybridized carbons (Fsp3) is 0.846. The van der Waals surface area contributed by atoms with Gasteiger partial charge in [0, 0.05) is 19.5 Å². The Morgan fingerprint density at radius 1 is 1.29 bits per heavy atom. The molecule has 0 radical (unpaired) electrons. The van der Waals surface area contributed by atoms with E-state index in [1.165, 1.54) is 4.31 Å². The zero-order valence-electron chi connectivity index (χ0n) is 12.7. The van der Waals surface area contributed by atoms with Gasteiger partial charge in [-0.25, -0.2) is 8.42 Å². The molecule has 0 bridgehead atoms. The number of carboxylic acid groups (broad SMARTS) is 1. The van der Waals surface area contributed by atoms with Crippen LogP contribution in [0.2, 0.25) is 0 Å². The highest BCUT2D eigenvalue weighted by molar-refractivity contribution is 7.89. The first-order valence-corrected chi connectivity index (χ1v) is 8.75. The predicted octanol–water partition coefficient (Wildman–Crippen LogP) is 0.274. The maximum absolute atomic E-state index is 12.3.